The van der Waals surface area contributed by atoms with Gasteiger partial charge in [0.25, 0.3) is 0 Å². The van der Waals surface area contributed by atoms with Crippen LogP contribution in [0.4, 0.5) is 0 Å². The number of nitriles is 1. The molecule has 18 heavy (non-hydrogen) atoms. The van der Waals surface area contributed by atoms with E-state index in [1.54, 1.807) is 0 Å². The maximum atomic E-state index is 10.8. The van der Waals surface area contributed by atoms with Crippen molar-refractivity contribution in [3.05, 3.63) is 0 Å². The molecule has 0 spiro atoms. The quantitative estimate of drug-likeness (QED) is 0.830. The van der Waals surface area contributed by atoms with Gasteiger partial charge in [0.15, 0.2) is 0 Å². The molecular weight excluding hydrogens is 226 g/mol. The molecule has 4 aliphatic carbocycles. The Morgan fingerprint density at radius 3 is 2.17 bits per heavy atom. The standard InChI is InChI=1S/C15H21NO2/c16-8-11(7-15(17)18)6-14-12-2-9-1-10(4-12)5-13(14)3-9/h9-14H,1-7H2,(H,17,18). The third-order valence-electron chi connectivity index (χ3n) is 5.58. The summed E-state index contributed by atoms with van der Waals surface area (Å²) in [5.41, 5.74) is 0. The summed E-state index contributed by atoms with van der Waals surface area (Å²) < 4.78 is 0. The monoisotopic (exact) mass is 247 g/mol. The van der Waals surface area contributed by atoms with Crippen LogP contribution in [0.1, 0.15) is 44.9 Å². The van der Waals surface area contributed by atoms with Crippen LogP contribution in [0.2, 0.25) is 0 Å². The number of rotatable bonds is 4. The fourth-order valence-electron chi connectivity index (χ4n) is 5.14. The number of nitrogens with zero attached hydrogens (tertiary/aromatic N) is 1. The van der Waals surface area contributed by atoms with Gasteiger partial charge in [0.05, 0.1) is 18.4 Å². The molecule has 4 fully saturated rings. The van der Waals surface area contributed by atoms with Crippen LogP contribution in [0.5, 0.6) is 0 Å². The normalized spacial score (nSPS) is 42.5. The lowest BCUT2D eigenvalue weighted by Gasteiger charge is -2.55. The van der Waals surface area contributed by atoms with Gasteiger partial charge in [-0.05, 0) is 68.1 Å². The molecule has 4 bridgehead atoms. The van der Waals surface area contributed by atoms with Crippen molar-refractivity contribution < 1.29 is 9.90 Å². The summed E-state index contributed by atoms with van der Waals surface area (Å²) in [6, 6.07) is 2.21. The highest BCUT2D eigenvalue weighted by Crippen LogP contribution is 2.57. The van der Waals surface area contributed by atoms with Crippen molar-refractivity contribution in [2.45, 2.75) is 44.9 Å². The summed E-state index contributed by atoms with van der Waals surface area (Å²) in [7, 11) is 0. The van der Waals surface area contributed by atoms with Crippen LogP contribution in [0.3, 0.4) is 0 Å². The summed E-state index contributed by atoms with van der Waals surface area (Å²) in [6.07, 6.45) is 7.70. The van der Waals surface area contributed by atoms with Crippen LogP contribution in [0.15, 0.2) is 0 Å². The highest BCUT2D eigenvalue weighted by molar-refractivity contribution is 5.67. The van der Waals surface area contributed by atoms with Crippen LogP contribution >= 0.6 is 0 Å². The minimum absolute atomic E-state index is 0.0271. The van der Waals surface area contributed by atoms with E-state index >= 15 is 0 Å². The van der Waals surface area contributed by atoms with E-state index in [1.165, 1.54) is 32.1 Å². The molecule has 0 aromatic carbocycles. The fourth-order valence-corrected chi connectivity index (χ4v) is 5.14. The molecular formula is C15H21NO2. The highest BCUT2D eigenvalue weighted by Gasteiger charge is 2.48. The summed E-state index contributed by atoms with van der Waals surface area (Å²) >= 11 is 0. The van der Waals surface area contributed by atoms with Crippen LogP contribution in [-0.2, 0) is 4.79 Å². The molecule has 0 aromatic heterocycles. The number of carboxylic acid groups (broad SMARTS) is 1. The minimum Gasteiger partial charge on any atom is -0.481 e. The van der Waals surface area contributed by atoms with Gasteiger partial charge in [-0.15, -0.1) is 0 Å². The average Bonchev–Trinajstić information content (AvgIpc) is 2.30. The topological polar surface area (TPSA) is 61.1 Å². The molecule has 1 unspecified atom stereocenters. The van der Waals surface area contributed by atoms with Crippen molar-refractivity contribution in [2.75, 3.05) is 0 Å². The minimum atomic E-state index is -0.828. The predicted molar refractivity (Wildman–Crippen MR) is 66.5 cm³/mol. The van der Waals surface area contributed by atoms with Crippen molar-refractivity contribution in [2.24, 2.45) is 35.5 Å². The largest absolute Gasteiger partial charge is 0.481 e. The second-order valence-corrected chi connectivity index (χ2v) is 6.75. The highest BCUT2D eigenvalue weighted by atomic mass is 16.4. The van der Waals surface area contributed by atoms with Crippen molar-refractivity contribution in [3.63, 3.8) is 0 Å². The molecule has 0 saturated heterocycles. The lowest BCUT2D eigenvalue weighted by molar-refractivity contribution is -0.138. The predicted octanol–water partition coefficient (Wildman–Crippen LogP) is 3.06. The average molecular weight is 247 g/mol. The molecule has 0 aliphatic heterocycles. The molecule has 98 valence electrons. The van der Waals surface area contributed by atoms with E-state index in [0.717, 1.165) is 30.1 Å². The zero-order valence-electron chi connectivity index (χ0n) is 10.7. The van der Waals surface area contributed by atoms with Crippen molar-refractivity contribution in [1.29, 1.82) is 5.26 Å². The SMILES string of the molecule is N#CC(CC(=O)O)CC1C2CC3CC(C2)CC1C3. The Morgan fingerprint density at radius 1 is 1.17 bits per heavy atom. The summed E-state index contributed by atoms with van der Waals surface area (Å²) in [6.45, 7) is 0. The third kappa shape index (κ3) is 2.13. The third-order valence-corrected chi connectivity index (χ3v) is 5.58. The number of aliphatic carboxylic acids is 1. The number of carbonyl (C=O) groups is 1. The molecule has 0 aromatic rings. The molecule has 1 N–H and O–H groups in total. The Hall–Kier alpha value is -1.04. The Kier molecular flexibility index (Phi) is 3.05. The number of hydrogen-bond donors (Lipinski definition) is 1. The van der Waals surface area contributed by atoms with Gasteiger partial charge in [-0.3, -0.25) is 4.79 Å². The molecule has 4 rings (SSSR count). The van der Waals surface area contributed by atoms with Gasteiger partial charge in [0, 0.05) is 0 Å². The smallest absolute Gasteiger partial charge is 0.304 e. The Balaban J connectivity index is 1.66. The van der Waals surface area contributed by atoms with Gasteiger partial charge in [-0.1, -0.05) is 0 Å². The lowest BCUT2D eigenvalue weighted by Crippen LogP contribution is -2.45. The first-order valence-corrected chi connectivity index (χ1v) is 7.27. The zero-order valence-corrected chi connectivity index (χ0v) is 10.7. The van der Waals surface area contributed by atoms with E-state index in [9.17, 15) is 4.79 Å². The Labute approximate surface area is 108 Å². The molecule has 0 radical (unpaired) electrons. The van der Waals surface area contributed by atoms with Crippen LogP contribution in [-0.4, -0.2) is 11.1 Å². The second kappa shape index (κ2) is 4.57. The van der Waals surface area contributed by atoms with E-state index in [1.807, 2.05) is 0 Å². The van der Waals surface area contributed by atoms with Crippen molar-refractivity contribution in [1.82, 2.24) is 0 Å². The first kappa shape index (κ1) is 12.0. The molecule has 3 nitrogen and oxygen atoms in total. The molecule has 0 heterocycles. The second-order valence-electron chi connectivity index (χ2n) is 6.75. The van der Waals surface area contributed by atoms with Crippen molar-refractivity contribution in [3.8, 4) is 6.07 Å². The molecule has 0 amide bonds. The van der Waals surface area contributed by atoms with Crippen LogP contribution < -0.4 is 0 Å². The summed E-state index contributed by atoms with van der Waals surface area (Å²) in [5.74, 6) is 3.03. The van der Waals surface area contributed by atoms with Crippen molar-refractivity contribution >= 4 is 5.97 Å². The fraction of sp³-hybridized carbons (Fsp3) is 0.867. The van der Waals surface area contributed by atoms with Gasteiger partial charge in [-0.2, -0.15) is 5.26 Å². The van der Waals surface area contributed by atoms with E-state index < -0.39 is 5.97 Å². The number of hydrogen-bond acceptors (Lipinski definition) is 2. The maximum absolute atomic E-state index is 10.8. The van der Waals surface area contributed by atoms with Gasteiger partial charge in [0.1, 0.15) is 0 Å². The lowest BCUT2D eigenvalue weighted by atomic mass is 9.51. The molecule has 1 atom stereocenters. The van der Waals surface area contributed by atoms with Gasteiger partial charge < -0.3 is 5.11 Å². The zero-order chi connectivity index (χ0) is 12.7. The van der Waals surface area contributed by atoms with E-state index in [4.69, 9.17) is 10.4 Å². The van der Waals surface area contributed by atoms with E-state index in [-0.39, 0.29) is 12.3 Å². The first-order valence-electron chi connectivity index (χ1n) is 7.27. The van der Waals surface area contributed by atoms with E-state index in [2.05, 4.69) is 6.07 Å². The Bertz CT molecular complexity index is 356. The summed E-state index contributed by atoms with van der Waals surface area (Å²) in [4.78, 5) is 10.8. The molecule has 3 heteroatoms. The van der Waals surface area contributed by atoms with Gasteiger partial charge in [-0.25, -0.2) is 0 Å². The molecule has 4 aliphatic rings. The Morgan fingerprint density at radius 2 is 1.72 bits per heavy atom. The van der Waals surface area contributed by atoms with Crippen LogP contribution in [0.25, 0.3) is 0 Å². The van der Waals surface area contributed by atoms with Crippen LogP contribution in [0, 0.1) is 46.8 Å². The molecule has 4 saturated carbocycles. The maximum Gasteiger partial charge on any atom is 0.304 e. The summed E-state index contributed by atoms with van der Waals surface area (Å²) in [5, 5.41) is 18.0. The van der Waals surface area contributed by atoms with Gasteiger partial charge in [0.2, 0.25) is 0 Å². The number of carboxylic acids is 1. The van der Waals surface area contributed by atoms with Gasteiger partial charge >= 0.3 is 5.97 Å². The first-order chi connectivity index (χ1) is 8.65. The van der Waals surface area contributed by atoms with E-state index in [0.29, 0.717) is 5.92 Å².